The smallest absolute Gasteiger partial charge is 0.233 e. The monoisotopic (exact) mass is 451 g/mol. The number of carbonyl (C=O) groups excluding carboxylic acids is 2. The summed E-state index contributed by atoms with van der Waals surface area (Å²) in [5.41, 5.74) is 1.68. The number of nitrogens with one attached hydrogen (secondary N) is 1. The molecule has 2 saturated carbocycles. The lowest BCUT2D eigenvalue weighted by Crippen LogP contribution is -2.44. The molecular formula is C26H30FN3O3. The molecule has 1 N–H and O–H groups in total. The maximum Gasteiger partial charge on any atom is 0.233 e. The number of anilines is 1. The Hall–Kier alpha value is -2.83. The van der Waals surface area contributed by atoms with Crippen molar-refractivity contribution in [2.45, 2.75) is 57.8 Å². The van der Waals surface area contributed by atoms with Crippen molar-refractivity contribution in [1.82, 2.24) is 10.2 Å². The number of ketones is 1. The normalized spacial score (nSPS) is 30.2. The second kappa shape index (κ2) is 8.50. The first-order valence-electron chi connectivity index (χ1n) is 11.9. The molecule has 3 aliphatic rings. The number of rotatable bonds is 5. The number of benzene rings is 1. The number of Topliss-reactive ketones (excluding diaryl/α,β-unsaturated/α-hetero) is 1. The summed E-state index contributed by atoms with van der Waals surface area (Å²) in [7, 11) is 1.51. The van der Waals surface area contributed by atoms with E-state index in [1.165, 1.54) is 7.11 Å². The first-order chi connectivity index (χ1) is 15.9. The van der Waals surface area contributed by atoms with Gasteiger partial charge >= 0.3 is 0 Å². The van der Waals surface area contributed by atoms with Gasteiger partial charge in [0.05, 0.1) is 7.11 Å². The predicted molar refractivity (Wildman–Crippen MR) is 121 cm³/mol. The van der Waals surface area contributed by atoms with E-state index < -0.39 is 0 Å². The van der Waals surface area contributed by atoms with Gasteiger partial charge in [-0.2, -0.15) is 0 Å². The van der Waals surface area contributed by atoms with Crippen LogP contribution in [0.1, 0.15) is 62.5 Å². The summed E-state index contributed by atoms with van der Waals surface area (Å²) in [6, 6.07) is 8.75. The minimum Gasteiger partial charge on any atom is -0.480 e. The Morgan fingerprint density at radius 1 is 1.24 bits per heavy atom. The van der Waals surface area contributed by atoms with Gasteiger partial charge in [-0.1, -0.05) is 19.1 Å². The number of fused-ring (bicyclic) bond motifs is 5. The van der Waals surface area contributed by atoms with Crippen LogP contribution < -0.4 is 10.1 Å². The fraction of sp³-hybridized carbons (Fsp3) is 0.538. The average molecular weight is 452 g/mol. The molecule has 3 aliphatic carbocycles. The summed E-state index contributed by atoms with van der Waals surface area (Å²) in [5, 5.41) is 10.6. The maximum atomic E-state index is 14.4. The number of halogens is 1. The average Bonchev–Trinajstić information content (AvgIpc) is 3.08. The molecule has 1 amide bonds. The Labute approximate surface area is 193 Å². The first-order valence-corrected chi connectivity index (χ1v) is 11.9. The molecule has 7 heteroatoms. The third kappa shape index (κ3) is 3.81. The van der Waals surface area contributed by atoms with E-state index in [4.69, 9.17) is 4.74 Å². The lowest BCUT2D eigenvalue weighted by molar-refractivity contribution is -0.129. The van der Waals surface area contributed by atoms with Gasteiger partial charge in [-0.05, 0) is 79.0 Å². The van der Waals surface area contributed by atoms with Crippen molar-refractivity contribution >= 4 is 17.5 Å². The van der Waals surface area contributed by atoms with Crippen LogP contribution in [0.4, 0.5) is 10.2 Å². The van der Waals surface area contributed by atoms with E-state index in [2.05, 4.69) is 28.5 Å². The molecule has 2 fully saturated rings. The van der Waals surface area contributed by atoms with Gasteiger partial charge in [0, 0.05) is 24.3 Å². The molecule has 174 valence electrons. The number of hydrogen-bond acceptors (Lipinski definition) is 5. The minimum atomic E-state index is -0.325. The van der Waals surface area contributed by atoms with Crippen molar-refractivity contribution in [3.8, 4) is 5.88 Å². The van der Waals surface area contributed by atoms with Crippen molar-refractivity contribution in [2.75, 3.05) is 12.4 Å². The molecule has 0 bridgehead atoms. The summed E-state index contributed by atoms with van der Waals surface area (Å²) < 4.78 is 19.4. The van der Waals surface area contributed by atoms with Gasteiger partial charge in [0.1, 0.15) is 11.6 Å². The van der Waals surface area contributed by atoms with Gasteiger partial charge in [-0.3, -0.25) is 9.59 Å². The Kier molecular flexibility index (Phi) is 5.67. The van der Waals surface area contributed by atoms with Crippen LogP contribution in [-0.4, -0.2) is 29.0 Å². The van der Waals surface area contributed by atoms with Gasteiger partial charge in [-0.15, -0.1) is 10.2 Å². The number of ether oxygens (including phenoxy) is 1. The molecular weight excluding hydrogens is 421 g/mol. The lowest BCUT2D eigenvalue weighted by atomic mass is 9.54. The topological polar surface area (TPSA) is 81.2 Å². The molecule has 3 unspecified atom stereocenters. The highest BCUT2D eigenvalue weighted by Crippen LogP contribution is 2.62. The summed E-state index contributed by atoms with van der Waals surface area (Å²) in [6.07, 6.45) is 4.96. The van der Waals surface area contributed by atoms with Crippen molar-refractivity contribution in [1.29, 1.82) is 0 Å². The van der Waals surface area contributed by atoms with Crippen molar-refractivity contribution in [3.63, 3.8) is 0 Å². The van der Waals surface area contributed by atoms with E-state index in [0.29, 0.717) is 48.6 Å². The number of methoxy groups -OCH3 is 1. The van der Waals surface area contributed by atoms with Gasteiger partial charge in [0.2, 0.25) is 11.8 Å². The Morgan fingerprint density at radius 2 is 2.09 bits per heavy atom. The van der Waals surface area contributed by atoms with Gasteiger partial charge < -0.3 is 10.1 Å². The standard InChI is InChI=1S/C26H30FN3O3/c1-26-13-12-17-16-4-3-5-20(27)18(16)7-8-19(17)25(26)15(14-21(26)31)6-10-23(32)28-22-9-11-24(33-2)30-29-22/h3-5,9,11,15,17,19,25H,6-8,10,12-14H2,1-2H3,(H,28,29,32)/t15-,17?,19?,25?,26-/m1/s1. The van der Waals surface area contributed by atoms with Crippen LogP contribution in [0.5, 0.6) is 5.88 Å². The number of aromatic nitrogens is 2. The third-order valence-corrected chi connectivity index (χ3v) is 8.42. The largest absolute Gasteiger partial charge is 0.480 e. The van der Waals surface area contributed by atoms with E-state index in [0.717, 1.165) is 36.8 Å². The quantitative estimate of drug-likeness (QED) is 0.713. The van der Waals surface area contributed by atoms with Crippen LogP contribution in [0.15, 0.2) is 30.3 Å². The highest BCUT2D eigenvalue weighted by Gasteiger charge is 2.58. The molecule has 5 rings (SSSR count). The Bertz CT molecular complexity index is 1070. The van der Waals surface area contributed by atoms with Crippen LogP contribution in [0.2, 0.25) is 0 Å². The number of amides is 1. The van der Waals surface area contributed by atoms with Crippen LogP contribution in [0.25, 0.3) is 0 Å². The predicted octanol–water partition coefficient (Wildman–Crippen LogP) is 4.69. The Balaban J connectivity index is 1.30. The SMILES string of the molecule is COc1ccc(NC(=O)CC[C@@H]2CC(=O)[C@@]3(C)CCC4c5cccc(F)c5CCC4C23)nn1. The van der Waals surface area contributed by atoms with Gasteiger partial charge in [-0.25, -0.2) is 4.39 Å². The highest BCUT2D eigenvalue weighted by molar-refractivity contribution is 5.90. The summed E-state index contributed by atoms with van der Waals surface area (Å²) in [6.45, 7) is 2.13. The van der Waals surface area contributed by atoms with Crippen molar-refractivity contribution < 1.29 is 18.7 Å². The van der Waals surface area contributed by atoms with Crippen LogP contribution in [0.3, 0.4) is 0 Å². The van der Waals surface area contributed by atoms with Gasteiger partial charge in [0.15, 0.2) is 5.82 Å². The third-order valence-electron chi connectivity index (χ3n) is 8.42. The van der Waals surface area contributed by atoms with E-state index in [9.17, 15) is 14.0 Å². The minimum absolute atomic E-state index is 0.100. The van der Waals surface area contributed by atoms with Crippen LogP contribution >= 0.6 is 0 Å². The summed E-state index contributed by atoms with van der Waals surface area (Å²) in [5.74, 6) is 1.98. The molecule has 5 atom stereocenters. The maximum absolute atomic E-state index is 14.4. The van der Waals surface area contributed by atoms with E-state index in [1.54, 1.807) is 18.2 Å². The van der Waals surface area contributed by atoms with E-state index in [-0.39, 0.29) is 29.0 Å². The fourth-order valence-corrected chi connectivity index (χ4v) is 6.92. The molecule has 0 aliphatic heterocycles. The molecule has 2 aromatic rings. The van der Waals surface area contributed by atoms with Gasteiger partial charge in [0.25, 0.3) is 0 Å². The summed E-state index contributed by atoms with van der Waals surface area (Å²) in [4.78, 5) is 25.7. The molecule has 0 saturated heterocycles. The zero-order valence-electron chi connectivity index (χ0n) is 19.1. The molecule has 0 spiro atoms. The second-order valence-corrected chi connectivity index (χ2v) is 10.0. The first kappa shape index (κ1) is 22.0. The number of carbonyl (C=O) groups is 2. The molecule has 33 heavy (non-hydrogen) atoms. The van der Waals surface area contributed by atoms with E-state index in [1.807, 2.05) is 6.07 Å². The highest BCUT2D eigenvalue weighted by atomic mass is 19.1. The zero-order valence-corrected chi connectivity index (χ0v) is 19.1. The van der Waals surface area contributed by atoms with E-state index >= 15 is 0 Å². The van der Waals surface area contributed by atoms with Crippen molar-refractivity contribution in [3.05, 3.63) is 47.3 Å². The molecule has 1 aromatic carbocycles. The fourth-order valence-electron chi connectivity index (χ4n) is 6.92. The summed E-state index contributed by atoms with van der Waals surface area (Å²) >= 11 is 0. The second-order valence-electron chi connectivity index (χ2n) is 10.0. The zero-order chi connectivity index (χ0) is 23.2. The van der Waals surface area contributed by atoms with Crippen molar-refractivity contribution in [2.24, 2.45) is 23.2 Å². The Morgan fingerprint density at radius 3 is 2.85 bits per heavy atom. The molecule has 6 nitrogen and oxygen atoms in total. The molecule has 1 heterocycles. The number of hydrogen-bond donors (Lipinski definition) is 1. The molecule has 0 radical (unpaired) electrons. The van der Waals surface area contributed by atoms with Crippen LogP contribution in [-0.2, 0) is 16.0 Å². The van der Waals surface area contributed by atoms with Crippen LogP contribution in [0, 0.1) is 29.0 Å². The lowest BCUT2D eigenvalue weighted by Gasteiger charge is -2.50. The number of nitrogens with zero attached hydrogens (tertiary/aromatic N) is 2. The molecule has 1 aromatic heterocycles.